The summed E-state index contributed by atoms with van der Waals surface area (Å²) in [6.45, 7) is 10.1. The maximum atomic E-state index is 13.9. The summed E-state index contributed by atoms with van der Waals surface area (Å²) >= 11 is 0. The number of nitrogens with one attached hydrogen (secondary N) is 1. The molecule has 2 aliphatic rings. The molecule has 1 atom stereocenters. The molecule has 0 spiro atoms. The number of anilines is 1. The highest BCUT2D eigenvalue weighted by atomic mass is 16.5. The molecule has 2 aromatic carbocycles. The predicted octanol–water partition coefficient (Wildman–Crippen LogP) is 4.94. The first-order valence-electron chi connectivity index (χ1n) is 13.0. The van der Waals surface area contributed by atoms with Crippen molar-refractivity contribution >= 4 is 28.4 Å². The molecule has 2 aromatic heterocycles. The minimum atomic E-state index is -0.688. The molecule has 1 N–H and O–H groups in total. The van der Waals surface area contributed by atoms with E-state index < -0.39 is 5.54 Å². The topological polar surface area (TPSA) is 91.4 Å². The summed E-state index contributed by atoms with van der Waals surface area (Å²) in [5, 5.41) is 1.05. The van der Waals surface area contributed by atoms with Crippen molar-refractivity contribution in [2.45, 2.75) is 45.8 Å². The Balaban J connectivity index is 1.50. The van der Waals surface area contributed by atoms with Crippen LogP contribution in [-0.4, -0.2) is 57.3 Å². The van der Waals surface area contributed by atoms with Crippen LogP contribution in [0.2, 0.25) is 0 Å². The first-order valence-corrected chi connectivity index (χ1v) is 13.0. The molecule has 8 heteroatoms. The van der Waals surface area contributed by atoms with Crippen molar-refractivity contribution < 1.29 is 14.3 Å². The van der Waals surface area contributed by atoms with Crippen LogP contribution in [-0.2, 0) is 16.8 Å². The van der Waals surface area contributed by atoms with Crippen LogP contribution in [0, 0.1) is 0 Å². The molecular formula is C30H31N5O3. The third-order valence-corrected chi connectivity index (χ3v) is 7.79. The Hall–Kier alpha value is -4.04. The van der Waals surface area contributed by atoms with Crippen LogP contribution < -0.4 is 4.90 Å². The molecule has 0 unspecified atom stereocenters. The summed E-state index contributed by atoms with van der Waals surface area (Å²) in [6, 6.07) is 15.2. The lowest BCUT2D eigenvalue weighted by Crippen LogP contribution is -2.44. The lowest BCUT2D eigenvalue weighted by molar-refractivity contribution is 0.0570. The van der Waals surface area contributed by atoms with Gasteiger partial charge >= 0.3 is 0 Å². The van der Waals surface area contributed by atoms with Crippen molar-refractivity contribution in [3.05, 3.63) is 77.1 Å². The fourth-order valence-electron chi connectivity index (χ4n) is 5.64. The van der Waals surface area contributed by atoms with Gasteiger partial charge in [-0.2, -0.15) is 0 Å². The van der Waals surface area contributed by atoms with E-state index >= 15 is 0 Å². The number of hydrogen-bond donors (Lipinski definition) is 1. The molecule has 1 amide bonds. The van der Waals surface area contributed by atoms with Crippen LogP contribution in [0.3, 0.4) is 0 Å². The van der Waals surface area contributed by atoms with Gasteiger partial charge in [-0.15, -0.1) is 0 Å². The summed E-state index contributed by atoms with van der Waals surface area (Å²) in [7, 11) is 0. The standard InChI is InChI=1S/C30H31N5O3/c1-18-17-38-14-13-34(18)28-24-16-35(29(37)21-8-5-7-20(15-21)19(2)36)30(3,4)26(24)32-27(33-28)23-9-6-10-25-22(23)11-12-31-25/h5-12,15,18,31H,13-14,16-17H2,1-4H3/t18-/m1/s1. The van der Waals surface area contributed by atoms with Crippen LogP contribution in [0.1, 0.15) is 59.7 Å². The second-order valence-corrected chi connectivity index (χ2v) is 10.6. The van der Waals surface area contributed by atoms with E-state index in [1.54, 1.807) is 24.3 Å². The summed E-state index contributed by atoms with van der Waals surface area (Å²) in [5.41, 5.74) is 4.11. The van der Waals surface area contributed by atoms with Crippen molar-refractivity contribution in [1.29, 1.82) is 0 Å². The normalized spacial score (nSPS) is 18.6. The average Bonchev–Trinajstić information content (AvgIpc) is 3.50. The zero-order valence-electron chi connectivity index (χ0n) is 22.1. The molecule has 0 saturated carbocycles. The van der Waals surface area contributed by atoms with Crippen LogP contribution in [0.5, 0.6) is 0 Å². The number of aromatic nitrogens is 3. The number of amides is 1. The largest absolute Gasteiger partial charge is 0.377 e. The number of carbonyl (C=O) groups is 2. The fourth-order valence-corrected chi connectivity index (χ4v) is 5.64. The highest BCUT2D eigenvalue weighted by molar-refractivity contribution is 6.00. The number of aromatic amines is 1. The van der Waals surface area contributed by atoms with Gasteiger partial charge in [0.05, 0.1) is 37.0 Å². The molecule has 1 fully saturated rings. The van der Waals surface area contributed by atoms with E-state index in [2.05, 4.69) is 16.8 Å². The maximum Gasteiger partial charge on any atom is 0.254 e. The zero-order valence-corrected chi connectivity index (χ0v) is 22.1. The Kier molecular flexibility index (Phi) is 5.79. The van der Waals surface area contributed by atoms with Gasteiger partial charge in [0.25, 0.3) is 5.91 Å². The molecule has 4 heterocycles. The number of rotatable bonds is 4. The summed E-state index contributed by atoms with van der Waals surface area (Å²) in [6.07, 6.45) is 1.92. The number of ether oxygens (including phenoxy) is 1. The highest BCUT2D eigenvalue weighted by Crippen LogP contribution is 2.44. The number of H-pyrrole nitrogens is 1. The molecule has 0 radical (unpaired) electrons. The Morgan fingerprint density at radius 1 is 1.08 bits per heavy atom. The van der Waals surface area contributed by atoms with Crippen molar-refractivity contribution in [2.24, 2.45) is 0 Å². The SMILES string of the molecule is CC(=O)c1cccc(C(=O)N2Cc3c(N4CCOC[C@H]4C)nc(-c4cccc5[nH]ccc45)nc3C2(C)C)c1. The number of nitrogens with zero attached hydrogens (tertiary/aromatic N) is 4. The lowest BCUT2D eigenvalue weighted by Gasteiger charge is -2.35. The number of fused-ring (bicyclic) bond motifs is 2. The summed E-state index contributed by atoms with van der Waals surface area (Å²) in [4.78, 5) is 43.5. The van der Waals surface area contributed by atoms with E-state index in [9.17, 15) is 9.59 Å². The Bertz CT molecular complexity index is 1570. The Labute approximate surface area is 221 Å². The third kappa shape index (κ3) is 3.87. The van der Waals surface area contributed by atoms with Crippen LogP contribution in [0.25, 0.3) is 22.3 Å². The number of morpholine rings is 1. The Morgan fingerprint density at radius 3 is 2.66 bits per heavy atom. The first-order chi connectivity index (χ1) is 18.3. The second-order valence-electron chi connectivity index (χ2n) is 10.6. The molecule has 0 aliphatic carbocycles. The molecule has 0 bridgehead atoms. The van der Waals surface area contributed by atoms with Gasteiger partial charge in [-0.25, -0.2) is 9.97 Å². The van der Waals surface area contributed by atoms with E-state index in [1.807, 2.05) is 49.2 Å². The van der Waals surface area contributed by atoms with Gasteiger partial charge in [0.15, 0.2) is 11.6 Å². The molecule has 2 aliphatic heterocycles. The molecule has 6 rings (SSSR count). The molecule has 1 saturated heterocycles. The number of benzene rings is 2. The monoisotopic (exact) mass is 509 g/mol. The number of Topliss-reactive ketones (excluding diaryl/α,β-unsaturated/α-hetero) is 1. The van der Waals surface area contributed by atoms with Crippen molar-refractivity contribution in [3.63, 3.8) is 0 Å². The molecule has 8 nitrogen and oxygen atoms in total. The van der Waals surface area contributed by atoms with Crippen molar-refractivity contribution in [2.75, 3.05) is 24.7 Å². The highest BCUT2D eigenvalue weighted by Gasteiger charge is 2.45. The fraction of sp³-hybridized carbons (Fsp3) is 0.333. The smallest absolute Gasteiger partial charge is 0.254 e. The number of carbonyl (C=O) groups excluding carboxylic acids is 2. The first kappa shape index (κ1) is 24.3. The number of ketones is 1. The molecule has 194 valence electrons. The van der Waals surface area contributed by atoms with E-state index in [4.69, 9.17) is 14.7 Å². The molecular weight excluding hydrogens is 478 g/mol. The lowest BCUT2D eigenvalue weighted by atomic mass is 9.97. The van der Waals surface area contributed by atoms with Gasteiger partial charge in [0, 0.05) is 45.9 Å². The summed E-state index contributed by atoms with van der Waals surface area (Å²) in [5.74, 6) is 1.30. The zero-order chi connectivity index (χ0) is 26.6. The summed E-state index contributed by atoms with van der Waals surface area (Å²) < 4.78 is 5.72. The van der Waals surface area contributed by atoms with Gasteiger partial charge in [-0.3, -0.25) is 9.59 Å². The van der Waals surface area contributed by atoms with Gasteiger partial charge in [-0.05, 0) is 52.0 Å². The minimum Gasteiger partial charge on any atom is -0.377 e. The van der Waals surface area contributed by atoms with Gasteiger partial charge in [0.2, 0.25) is 0 Å². The van der Waals surface area contributed by atoms with Crippen molar-refractivity contribution in [1.82, 2.24) is 19.9 Å². The second kappa shape index (κ2) is 9.06. The predicted molar refractivity (Wildman–Crippen MR) is 146 cm³/mol. The number of hydrogen-bond acceptors (Lipinski definition) is 6. The molecule has 4 aromatic rings. The maximum absolute atomic E-state index is 13.9. The van der Waals surface area contributed by atoms with Gasteiger partial charge in [0.1, 0.15) is 5.82 Å². The minimum absolute atomic E-state index is 0.0679. The quantitative estimate of drug-likeness (QED) is 0.392. The van der Waals surface area contributed by atoms with E-state index in [0.717, 1.165) is 33.5 Å². The van der Waals surface area contributed by atoms with Crippen LogP contribution in [0.4, 0.5) is 5.82 Å². The van der Waals surface area contributed by atoms with Crippen LogP contribution >= 0.6 is 0 Å². The van der Waals surface area contributed by atoms with Gasteiger partial charge in [-0.1, -0.05) is 24.3 Å². The Morgan fingerprint density at radius 2 is 1.87 bits per heavy atom. The van der Waals surface area contributed by atoms with Gasteiger partial charge < -0.3 is 19.5 Å². The van der Waals surface area contributed by atoms with E-state index in [1.165, 1.54) is 6.92 Å². The average molecular weight is 510 g/mol. The van der Waals surface area contributed by atoms with E-state index in [-0.39, 0.29) is 17.7 Å². The van der Waals surface area contributed by atoms with Crippen LogP contribution in [0.15, 0.2) is 54.7 Å². The van der Waals surface area contributed by atoms with Crippen molar-refractivity contribution in [3.8, 4) is 11.4 Å². The molecule has 38 heavy (non-hydrogen) atoms. The van der Waals surface area contributed by atoms with E-state index in [0.29, 0.717) is 43.3 Å². The third-order valence-electron chi connectivity index (χ3n) is 7.79.